The minimum absolute atomic E-state index is 1.20. The van der Waals surface area contributed by atoms with Crippen LogP contribution in [0, 0.1) is 0 Å². The molecule has 2 heterocycles. The van der Waals surface area contributed by atoms with E-state index < -0.39 is 0 Å². The zero-order valence-electron chi connectivity index (χ0n) is 18.3. The van der Waals surface area contributed by atoms with E-state index in [1.54, 1.807) is 0 Å². The quantitative estimate of drug-likeness (QED) is 0.220. The Morgan fingerprint density at radius 1 is 0.382 bits per heavy atom. The summed E-state index contributed by atoms with van der Waals surface area (Å²) < 4.78 is 5.17. The van der Waals surface area contributed by atoms with E-state index in [2.05, 4.69) is 120 Å². The molecular weight excluding hydrogens is 430 g/mol. The average molecular weight is 450 g/mol. The largest absolute Gasteiger partial charge is 0.309 e. The Balaban J connectivity index is 1.66. The third kappa shape index (κ3) is 2.28. The van der Waals surface area contributed by atoms with Gasteiger partial charge in [-0.25, -0.2) is 0 Å². The van der Waals surface area contributed by atoms with Crippen LogP contribution in [0.5, 0.6) is 0 Å². The van der Waals surface area contributed by atoms with Gasteiger partial charge in [-0.1, -0.05) is 91.0 Å². The summed E-state index contributed by atoms with van der Waals surface area (Å²) in [6.45, 7) is 0. The van der Waals surface area contributed by atoms with Crippen LogP contribution in [0.1, 0.15) is 0 Å². The molecule has 0 saturated heterocycles. The van der Waals surface area contributed by atoms with Crippen LogP contribution in [0.2, 0.25) is 0 Å². The zero-order valence-corrected chi connectivity index (χ0v) is 19.1. The van der Waals surface area contributed by atoms with Crippen LogP contribution in [0.4, 0.5) is 0 Å². The fourth-order valence-electron chi connectivity index (χ4n) is 5.77. The maximum Gasteiger partial charge on any atom is 0.0555 e. The molecule has 34 heavy (non-hydrogen) atoms. The first-order valence-corrected chi connectivity index (χ1v) is 12.4. The molecule has 0 aliphatic rings. The van der Waals surface area contributed by atoms with Crippen molar-refractivity contribution < 1.29 is 0 Å². The van der Waals surface area contributed by atoms with Crippen LogP contribution in [0.25, 0.3) is 69.2 Å². The van der Waals surface area contributed by atoms with Crippen molar-refractivity contribution in [3.63, 3.8) is 0 Å². The summed E-state index contributed by atoms with van der Waals surface area (Å²) in [4.78, 5) is 0. The van der Waals surface area contributed by atoms with E-state index in [0.29, 0.717) is 0 Å². The zero-order chi connectivity index (χ0) is 22.2. The fraction of sp³-hybridized carbons (Fsp3) is 0. The van der Waals surface area contributed by atoms with Gasteiger partial charge in [0.1, 0.15) is 0 Å². The van der Waals surface area contributed by atoms with Crippen LogP contribution < -0.4 is 0 Å². The number of nitrogens with zero attached hydrogens (tertiary/aromatic N) is 1. The summed E-state index contributed by atoms with van der Waals surface area (Å²) in [7, 11) is 0. The van der Waals surface area contributed by atoms with Crippen LogP contribution in [0.15, 0.2) is 115 Å². The highest BCUT2D eigenvalue weighted by molar-refractivity contribution is 7.28. The van der Waals surface area contributed by atoms with Crippen molar-refractivity contribution in [2.24, 2.45) is 0 Å². The third-order valence-corrected chi connectivity index (χ3v) is 8.42. The molecule has 8 rings (SSSR count). The predicted octanol–water partition coefficient (Wildman–Crippen LogP) is 9.46. The number of thiophene rings is 1. The van der Waals surface area contributed by atoms with E-state index in [4.69, 9.17) is 0 Å². The highest BCUT2D eigenvalue weighted by Crippen LogP contribution is 2.47. The lowest BCUT2D eigenvalue weighted by molar-refractivity contribution is 1.18. The lowest BCUT2D eigenvalue weighted by atomic mass is 9.97. The number of hydrogen-bond donors (Lipinski definition) is 0. The predicted molar refractivity (Wildman–Crippen MR) is 149 cm³/mol. The lowest BCUT2D eigenvalue weighted by Crippen LogP contribution is -1.92. The van der Waals surface area contributed by atoms with Gasteiger partial charge < -0.3 is 4.57 Å². The van der Waals surface area contributed by atoms with Gasteiger partial charge in [0.2, 0.25) is 0 Å². The molecule has 8 aromatic rings. The normalized spacial score (nSPS) is 12.1. The number of aromatic nitrogens is 1. The van der Waals surface area contributed by atoms with E-state index in [1.807, 2.05) is 11.3 Å². The maximum atomic E-state index is 2.41. The Hall–Kier alpha value is -4.14. The molecule has 0 saturated carbocycles. The first kappa shape index (κ1) is 18.3. The molecule has 0 radical (unpaired) electrons. The van der Waals surface area contributed by atoms with Gasteiger partial charge >= 0.3 is 0 Å². The van der Waals surface area contributed by atoms with Crippen molar-refractivity contribution in [3.05, 3.63) is 115 Å². The first-order valence-electron chi connectivity index (χ1n) is 11.6. The van der Waals surface area contributed by atoms with Gasteiger partial charge in [0.25, 0.3) is 0 Å². The molecule has 0 N–H and O–H groups in total. The summed E-state index contributed by atoms with van der Waals surface area (Å²) in [5.41, 5.74) is 3.72. The first-order chi connectivity index (χ1) is 16.9. The van der Waals surface area contributed by atoms with Crippen LogP contribution in [0.3, 0.4) is 0 Å². The van der Waals surface area contributed by atoms with Gasteiger partial charge in [-0.05, 0) is 40.4 Å². The molecule has 0 aliphatic heterocycles. The minimum Gasteiger partial charge on any atom is -0.309 e. The molecule has 6 aromatic carbocycles. The standard InChI is InChI=1S/C32H19NS/c1-2-10-20(11-3-1)33-27-17-9-8-16-25(27)30-28(33)19-18-26-29-23-14-6-4-12-21(23)22-13-5-7-15-24(22)31(29)34-32(26)30/h1-19H. The third-order valence-electron chi connectivity index (χ3n) is 7.16. The van der Waals surface area contributed by atoms with Gasteiger partial charge in [-0.15, -0.1) is 11.3 Å². The van der Waals surface area contributed by atoms with Gasteiger partial charge in [0.15, 0.2) is 0 Å². The number of rotatable bonds is 1. The molecule has 158 valence electrons. The lowest BCUT2D eigenvalue weighted by Gasteiger charge is -2.08. The van der Waals surface area contributed by atoms with E-state index in [9.17, 15) is 0 Å². The number of hydrogen-bond acceptors (Lipinski definition) is 1. The monoisotopic (exact) mass is 449 g/mol. The molecule has 0 fully saturated rings. The van der Waals surface area contributed by atoms with Gasteiger partial charge in [0, 0.05) is 42.0 Å². The molecule has 0 amide bonds. The molecular formula is C32H19NS. The Morgan fingerprint density at radius 3 is 1.76 bits per heavy atom. The second-order valence-electron chi connectivity index (χ2n) is 8.92. The Bertz CT molecular complexity index is 2060. The maximum absolute atomic E-state index is 2.41. The summed E-state index contributed by atoms with van der Waals surface area (Å²) >= 11 is 1.95. The highest BCUT2D eigenvalue weighted by atomic mass is 32.1. The average Bonchev–Trinajstić information content (AvgIpc) is 3.46. The Labute approximate surface area is 200 Å². The molecule has 0 aliphatic carbocycles. The van der Waals surface area contributed by atoms with Crippen molar-refractivity contribution >= 4 is 74.9 Å². The topological polar surface area (TPSA) is 4.93 Å². The molecule has 0 spiro atoms. The van der Waals surface area contributed by atoms with E-state index >= 15 is 0 Å². The fourth-order valence-corrected chi connectivity index (χ4v) is 7.18. The molecule has 2 heteroatoms. The van der Waals surface area contributed by atoms with Crippen LogP contribution in [-0.4, -0.2) is 4.57 Å². The summed E-state index contributed by atoms with van der Waals surface area (Å²) in [6, 6.07) is 41.9. The van der Waals surface area contributed by atoms with Gasteiger partial charge in [-0.3, -0.25) is 0 Å². The minimum atomic E-state index is 1.20. The van der Waals surface area contributed by atoms with Crippen molar-refractivity contribution in [2.45, 2.75) is 0 Å². The van der Waals surface area contributed by atoms with Gasteiger partial charge in [0.05, 0.1) is 11.0 Å². The molecule has 0 atom stereocenters. The van der Waals surface area contributed by atoms with Crippen LogP contribution >= 0.6 is 11.3 Å². The Kier molecular flexibility index (Phi) is 3.60. The van der Waals surface area contributed by atoms with E-state index in [0.717, 1.165) is 0 Å². The van der Waals surface area contributed by atoms with Crippen molar-refractivity contribution in [1.29, 1.82) is 0 Å². The van der Waals surface area contributed by atoms with Crippen LogP contribution in [-0.2, 0) is 0 Å². The molecule has 1 nitrogen and oxygen atoms in total. The second kappa shape index (κ2) is 6.69. The summed E-state index contributed by atoms with van der Waals surface area (Å²) in [5, 5.41) is 10.7. The molecule has 0 unspecified atom stereocenters. The van der Waals surface area contributed by atoms with Crippen molar-refractivity contribution in [3.8, 4) is 5.69 Å². The second-order valence-corrected chi connectivity index (χ2v) is 9.94. The van der Waals surface area contributed by atoms with Crippen molar-refractivity contribution in [1.82, 2.24) is 4.57 Å². The summed E-state index contributed by atoms with van der Waals surface area (Å²) in [6.07, 6.45) is 0. The Morgan fingerprint density at radius 2 is 0.971 bits per heavy atom. The van der Waals surface area contributed by atoms with Gasteiger partial charge in [-0.2, -0.15) is 0 Å². The summed E-state index contributed by atoms with van der Waals surface area (Å²) in [5.74, 6) is 0. The van der Waals surface area contributed by atoms with Crippen molar-refractivity contribution in [2.75, 3.05) is 0 Å². The SMILES string of the molecule is c1ccc(-n2c3ccccc3c3c4sc5c6ccccc6c6ccccc6c5c4ccc32)cc1. The number of para-hydroxylation sites is 2. The van der Waals surface area contributed by atoms with E-state index in [-0.39, 0.29) is 0 Å². The molecule has 2 aromatic heterocycles. The van der Waals surface area contributed by atoms with E-state index in [1.165, 1.54) is 69.2 Å². The number of fused-ring (bicyclic) bond motifs is 12. The number of benzene rings is 6. The molecule has 0 bridgehead atoms. The highest BCUT2D eigenvalue weighted by Gasteiger charge is 2.19. The smallest absolute Gasteiger partial charge is 0.0555 e.